The number of hydrogen-bond donors (Lipinski definition) is 2. The molecule has 1 aliphatic heterocycles. The van der Waals surface area contributed by atoms with E-state index in [1.807, 2.05) is 53.3 Å². The van der Waals surface area contributed by atoms with E-state index in [0.717, 1.165) is 41.0 Å². The summed E-state index contributed by atoms with van der Waals surface area (Å²) in [5.74, 6) is -0.0113. The molecule has 1 fully saturated rings. The van der Waals surface area contributed by atoms with Gasteiger partial charge in [-0.15, -0.1) is 0 Å². The Labute approximate surface area is 193 Å². The third kappa shape index (κ3) is 4.35. The molecule has 1 aromatic heterocycles. The lowest BCUT2D eigenvalue weighted by molar-refractivity contribution is -0.121. The molecule has 170 valence electrons. The maximum atomic E-state index is 13.0. The Hall–Kier alpha value is -3.61. The Morgan fingerprint density at radius 3 is 2.58 bits per heavy atom. The highest BCUT2D eigenvalue weighted by atomic mass is 16.2. The maximum absolute atomic E-state index is 13.0. The van der Waals surface area contributed by atoms with Gasteiger partial charge in [0.2, 0.25) is 5.91 Å². The zero-order valence-electron chi connectivity index (χ0n) is 19.0. The molecule has 0 saturated carbocycles. The number of nitrogens with zero attached hydrogens (tertiary/aromatic N) is 3. The van der Waals surface area contributed by atoms with Crippen molar-refractivity contribution in [3.8, 4) is 5.69 Å². The molecule has 1 aliphatic carbocycles. The molecular weight excluding hydrogens is 414 g/mol. The Morgan fingerprint density at radius 2 is 1.88 bits per heavy atom. The van der Waals surface area contributed by atoms with Crippen LogP contribution in [-0.2, 0) is 17.6 Å². The minimum absolute atomic E-state index is 0.0113. The van der Waals surface area contributed by atoms with Crippen LogP contribution in [0.5, 0.6) is 0 Å². The Balaban J connectivity index is 1.31. The van der Waals surface area contributed by atoms with Crippen molar-refractivity contribution in [2.24, 2.45) is 5.41 Å². The predicted octanol–water partition coefficient (Wildman–Crippen LogP) is 3.77. The Kier molecular flexibility index (Phi) is 5.40. The standard InChI is InChI=1S/C26H29N5O2/c1-26(2)15-22(21-17-28-31(23(21)16-26)20-6-4-3-5-7-20)29-24(32)14-18-8-10-19(11-9-18)30-13-12-27-25(30)33/h3-11,17,22H,12-16H2,1-2H3,(H,27,33)(H,29,32)/t22-/m1/s1. The fraction of sp³-hybridized carbons (Fsp3) is 0.346. The van der Waals surface area contributed by atoms with E-state index in [0.29, 0.717) is 19.5 Å². The molecule has 5 rings (SSSR count). The summed E-state index contributed by atoms with van der Waals surface area (Å²) in [6, 6.07) is 17.6. The Morgan fingerprint density at radius 1 is 1.12 bits per heavy atom. The minimum Gasteiger partial charge on any atom is -0.349 e. The summed E-state index contributed by atoms with van der Waals surface area (Å²) in [4.78, 5) is 26.5. The number of hydrogen-bond acceptors (Lipinski definition) is 3. The Bertz CT molecular complexity index is 1170. The van der Waals surface area contributed by atoms with Gasteiger partial charge in [0.1, 0.15) is 0 Å². The monoisotopic (exact) mass is 443 g/mol. The second kappa shape index (κ2) is 8.39. The third-order valence-corrected chi connectivity index (χ3v) is 6.48. The second-order valence-corrected chi connectivity index (χ2v) is 9.69. The molecule has 2 aromatic carbocycles. The molecule has 33 heavy (non-hydrogen) atoms. The summed E-state index contributed by atoms with van der Waals surface area (Å²) < 4.78 is 2.00. The van der Waals surface area contributed by atoms with Crippen molar-refractivity contribution in [1.82, 2.24) is 20.4 Å². The first kappa shape index (κ1) is 21.2. The normalized spacial score (nSPS) is 19.2. The summed E-state index contributed by atoms with van der Waals surface area (Å²) in [5.41, 5.74) is 5.12. The molecule has 1 saturated heterocycles. The van der Waals surface area contributed by atoms with E-state index in [4.69, 9.17) is 0 Å². The molecule has 2 heterocycles. The van der Waals surface area contributed by atoms with Gasteiger partial charge in [-0.3, -0.25) is 9.69 Å². The van der Waals surface area contributed by atoms with Crippen LogP contribution in [0.1, 0.15) is 43.1 Å². The summed E-state index contributed by atoms with van der Waals surface area (Å²) in [6.07, 6.45) is 3.98. The predicted molar refractivity (Wildman–Crippen MR) is 127 cm³/mol. The highest BCUT2D eigenvalue weighted by Gasteiger charge is 2.36. The van der Waals surface area contributed by atoms with E-state index < -0.39 is 0 Å². The number of urea groups is 1. The molecule has 0 unspecified atom stereocenters. The topological polar surface area (TPSA) is 79.3 Å². The van der Waals surface area contributed by atoms with Crippen LogP contribution in [0, 0.1) is 5.41 Å². The van der Waals surface area contributed by atoms with Gasteiger partial charge < -0.3 is 10.6 Å². The van der Waals surface area contributed by atoms with Gasteiger partial charge in [0.15, 0.2) is 0 Å². The van der Waals surface area contributed by atoms with Gasteiger partial charge in [-0.1, -0.05) is 44.2 Å². The molecule has 2 aliphatic rings. The summed E-state index contributed by atoms with van der Waals surface area (Å²) >= 11 is 0. The first-order chi connectivity index (χ1) is 15.9. The van der Waals surface area contributed by atoms with E-state index in [-0.39, 0.29) is 23.4 Å². The SMILES string of the molecule is CC1(C)Cc2c(cnn2-c2ccccc2)[C@H](NC(=O)Cc2ccc(N3CCNC3=O)cc2)C1. The summed E-state index contributed by atoms with van der Waals surface area (Å²) in [5, 5.41) is 10.7. The number of benzene rings is 2. The van der Waals surface area contributed by atoms with Crippen molar-refractivity contribution < 1.29 is 9.59 Å². The van der Waals surface area contributed by atoms with Crippen LogP contribution in [0.25, 0.3) is 5.69 Å². The van der Waals surface area contributed by atoms with E-state index in [1.165, 1.54) is 0 Å². The van der Waals surface area contributed by atoms with E-state index in [9.17, 15) is 9.59 Å². The van der Waals surface area contributed by atoms with Crippen LogP contribution in [0.3, 0.4) is 0 Å². The number of carbonyl (C=O) groups excluding carboxylic acids is 2. The largest absolute Gasteiger partial charge is 0.349 e. The molecule has 0 spiro atoms. The van der Waals surface area contributed by atoms with Crippen LogP contribution in [0.15, 0.2) is 60.8 Å². The molecule has 0 bridgehead atoms. The second-order valence-electron chi connectivity index (χ2n) is 9.69. The smallest absolute Gasteiger partial charge is 0.321 e. The van der Waals surface area contributed by atoms with Crippen molar-refractivity contribution in [2.75, 3.05) is 18.0 Å². The van der Waals surface area contributed by atoms with Crippen LogP contribution >= 0.6 is 0 Å². The molecule has 7 nitrogen and oxygen atoms in total. The van der Waals surface area contributed by atoms with Crippen LogP contribution in [0.4, 0.5) is 10.5 Å². The van der Waals surface area contributed by atoms with Gasteiger partial charge in [0, 0.05) is 24.3 Å². The van der Waals surface area contributed by atoms with Gasteiger partial charge in [-0.2, -0.15) is 5.10 Å². The van der Waals surface area contributed by atoms with Crippen molar-refractivity contribution >= 4 is 17.6 Å². The van der Waals surface area contributed by atoms with Gasteiger partial charge in [0.05, 0.1) is 30.0 Å². The number of anilines is 1. The first-order valence-corrected chi connectivity index (χ1v) is 11.5. The average Bonchev–Trinajstić information content (AvgIpc) is 3.40. The quantitative estimate of drug-likeness (QED) is 0.630. The first-order valence-electron chi connectivity index (χ1n) is 11.5. The van der Waals surface area contributed by atoms with Gasteiger partial charge in [-0.25, -0.2) is 9.48 Å². The molecule has 1 atom stereocenters. The lowest BCUT2D eigenvalue weighted by Crippen LogP contribution is -2.37. The van der Waals surface area contributed by atoms with E-state index >= 15 is 0 Å². The van der Waals surface area contributed by atoms with E-state index in [1.54, 1.807) is 4.90 Å². The van der Waals surface area contributed by atoms with Crippen LogP contribution < -0.4 is 15.5 Å². The lowest BCUT2D eigenvalue weighted by atomic mass is 9.74. The lowest BCUT2D eigenvalue weighted by Gasteiger charge is -2.36. The van der Waals surface area contributed by atoms with Crippen molar-refractivity contribution in [2.45, 2.75) is 39.2 Å². The number of para-hydroxylation sites is 1. The number of amides is 3. The number of nitrogens with one attached hydrogen (secondary N) is 2. The highest BCUT2D eigenvalue weighted by Crippen LogP contribution is 2.41. The molecule has 3 amide bonds. The molecule has 3 aromatic rings. The van der Waals surface area contributed by atoms with Crippen molar-refractivity contribution in [3.63, 3.8) is 0 Å². The highest BCUT2D eigenvalue weighted by molar-refractivity contribution is 5.94. The minimum atomic E-state index is -0.0766. The molecular formula is C26H29N5O2. The van der Waals surface area contributed by atoms with Crippen LogP contribution in [-0.4, -0.2) is 34.8 Å². The zero-order chi connectivity index (χ0) is 23.0. The van der Waals surface area contributed by atoms with Gasteiger partial charge in [-0.05, 0) is 48.1 Å². The van der Waals surface area contributed by atoms with Gasteiger partial charge >= 0.3 is 6.03 Å². The fourth-order valence-corrected chi connectivity index (χ4v) is 4.91. The number of aromatic nitrogens is 2. The van der Waals surface area contributed by atoms with Crippen molar-refractivity contribution in [1.29, 1.82) is 0 Å². The number of carbonyl (C=O) groups is 2. The zero-order valence-corrected chi connectivity index (χ0v) is 19.0. The van der Waals surface area contributed by atoms with E-state index in [2.05, 4.69) is 41.7 Å². The summed E-state index contributed by atoms with van der Waals surface area (Å²) in [6.45, 7) is 5.80. The van der Waals surface area contributed by atoms with Crippen molar-refractivity contribution in [3.05, 3.63) is 77.6 Å². The average molecular weight is 444 g/mol. The summed E-state index contributed by atoms with van der Waals surface area (Å²) in [7, 11) is 0. The number of rotatable bonds is 5. The van der Waals surface area contributed by atoms with Crippen LogP contribution in [0.2, 0.25) is 0 Å². The fourth-order valence-electron chi connectivity index (χ4n) is 4.91. The molecule has 0 radical (unpaired) electrons. The third-order valence-electron chi connectivity index (χ3n) is 6.48. The number of fused-ring (bicyclic) bond motifs is 1. The van der Waals surface area contributed by atoms with Gasteiger partial charge in [0.25, 0.3) is 0 Å². The molecule has 2 N–H and O–H groups in total. The molecule has 7 heteroatoms. The maximum Gasteiger partial charge on any atom is 0.321 e.